The summed E-state index contributed by atoms with van der Waals surface area (Å²) < 4.78 is 5.48. The van der Waals surface area contributed by atoms with Crippen molar-refractivity contribution in [1.82, 2.24) is 10.3 Å². The van der Waals surface area contributed by atoms with Crippen LogP contribution in [0.15, 0.2) is 70.9 Å². The van der Waals surface area contributed by atoms with Crippen LogP contribution in [0.2, 0.25) is 0 Å². The number of nitrogens with one attached hydrogen (secondary N) is 2. The molecular formula is C21H19N3O3. The minimum atomic E-state index is -0.405. The number of aryl methyl sites for hydroxylation is 1. The Balaban J connectivity index is 1.77. The molecule has 3 rings (SSSR count). The highest BCUT2D eigenvalue weighted by Crippen LogP contribution is 2.22. The van der Waals surface area contributed by atoms with Crippen molar-refractivity contribution >= 4 is 23.6 Å². The molecule has 136 valence electrons. The SMILES string of the molecule is CC(=O)N/C(=C/c1ccccc1)C(=O)Nc1ccc(-c2cnc(C)o2)cc1. The van der Waals surface area contributed by atoms with E-state index in [1.54, 1.807) is 31.3 Å². The van der Waals surface area contributed by atoms with Gasteiger partial charge in [-0.2, -0.15) is 0 Å². The third-order valence-corrected chi connectivity index (χ3v) is 3.71. The van der Waals surface area contributed by atoms with Crippen molar-refractivity contribution in [2.45, 2.75) is 13.8 Å². The van der Waals surface area contributed by atoms with Crippen molar-refractivity contribution in [3.8, 4) is 11.3 Å². The summed E-state index contributed by atoms with van der Waals surface area (Å²) in [6.07, 6.45) is 3.28. The average Bonchev–Trinajstić information content (AvgIpc) is 3.09. The van der Waals surface area contributed by atoms with Crippen molar-refractivity contribution in [3.05, 3.63) is 77.9 Å². The summed E-state index contributed by atoms with van der Waals surface area (Å²) in [6.45, 7) is 3.14. The first-order valence-corrected chi connectivity index (χ1v) is 8.40. The number of anilines is 1. The minimum absolute atomic E-state index is 0.170. The topological polar surface area (TPSA) is 84.2 Å². The van der Waals surface area contributed by atoms with Gasteiger partial charge in [0.15, 0.2) is 11.7 Å². The third kappa shape index (κ3) is 4.92. The van der Waals surface area contributed by atoms with Gasteiger partial charge < -0.3 is 15.1 Å². The lowest BCUT2D eigenvalue weighted by atomic mass is 10.1. The van der Waals surface area contributed by atoms with Gasteiger partial charge in [0.1, 0.15) is 5.70 Å². The number of carbonyl (C=O) groups excluding carboxylic acids is 2. The molecule has 27 heavy (non-hydrogen) atoms. The molecule has 0 bridgehead atoms. The average molecular weight is 361 g/mol. The number of nitrogens with zero attached hydrogens (tertiary/aromatic N) is 1. The van der Waals surface area contributed by atoms with E-state index in [1.165, 1.54) is 6.92 Å². The molecule has 0 saturated carbocycles. The zero-order valence-electron chi connectivity index (χ0n) is 15.0. The van der Waals surface area contributed by atoms with Crippen molar-refractivity contribution in [2.24, 2.45) is 0 Å². The predicted octanol–water partition coefficient (Wildman–Crippen LogP) is 3.77. The Morgan fingerprint density at radius 1 is 1.04 bits per heavy atom. The molecule has 0 spiro atoms. The van der Waals surface area contributed by atoms with Crippen molar-refractivity contribution in [2.75, 3.05) is 5.32 Å². The molecule has 0 fully saturated rings. The van der Waals surface area contributed by atoms with Gasteiger partial charge in [0.25, 0.3) is 5.91 Å². The Morgan fingerprint density at radius 2 is 1.74 bits per heavy atom. The first-order chi connectivity index (χ1) is 13.0. The van der Waals surface area contributed by atoms with Crippen LogP contribution in [0.1, 0.15) is 18.4 Å². The summed E-state index contributed by atoms with van der Waals surface area (Å²) in [4.78, 5) is 28.1. The maximum atomic E-state index is 12.6. The normalized spacial score (nSPS) is 11.1. The van der Waals surface area contributed by atoms with Gasteiger partial charge in [-0.1, -0.05) is 30.3 Å². The number of benzene rings is 2. The summed E-state index contributed by atoms with van der Waals surface area (Å²) in [7, 11) is 0. The van der Waals surface area contributed by atoms with Crippen LogP contribution in [0.4, 0.5) is 5.69 Å². The second kappa shape index (κ2) is 8.14. The van der Waals surface area contributed by atoms with Crippen molar-refractivity contribution in [3.63, 3.8) is 0 Å². The minimum Gasteiger partial charge on any atom is -0.441 e. The van der Waals surface area contributed by atoms with Crippen LogP contribution in [0, 0.1) is 6.92 Å². The van der Waals surface area contributed by atoms with Crippen LogP contribution in [0.3, 0.4) is 0 Å². The highest BCUT2D eigenvalue weighted by molar-refractivity contribution is 6.08. The predicted molar refractivity (Wildman–Crippen MR) is 104 cm³/mol. The highest BCUT2D eigenvalue weighted by atomic mass is 16.4. The summed E-state index contributed by atoms with van der Waals surface area (Å²) in [6, 6.07) is 16.5. The van der Waals surface area contributed by atoms with E-state index in [9.17, 15) is 9.59 Å². The molecule has 0 unspecified atom stereocenters. The van der Waals surface area contributed by atoms with Gasteiger partial charge in [-0.15, -0.1) is 0 Å². The van der Waals surface area contributed by atoms with Gasteiger partial charge in [0.05, 0.1) is 6.20 Å². The lowest BCUT2D eigenvalue weighted by Crippen LogP contribution is -2.28. The largest absolute Gasteiger partial charge is 0.441 e. The summed E-state index contributed by atoms with van der Waals surface area (Å²) in [5, 5.41) is 5.36. The van der Waals surface area contributed by atoms with Crippen LogP contribution >= 0.6 is 0 Å². The molecule has 1 heterocycles. The fourth-order valence-electron chi connectivity index (χ4n) is 2.48. The lowest BCUT2D eigenvalue weighted by molar-refractivity contribution is -0.120. The second-order valence-electron chi connectivity index (χ2n) is 5.92. The molecule has 2 N–H and O–H groups in total. The molecule has 6 heteroatoms. The van der Waals surface area contributed by atoms with Crippen LogP contribution in [-0.4, -0.2) is 16.8 Å². The summed E-state index contributed by atoms with van der Waals surface area (Å²) >= 11 is 0. The van der Waals surface area contributed by atoms with Gasteiger partial charge in [-0.3, -0.25) is 9.59 Å². The summed E-state index contributed by atoms with van der Waals surface area (Å²) in [5.41, 5.74) is 2.44. The summed E-state index contributed by atoms with van der Waals surface area (Å²) in [5.74, 6) is 0.530. The molecule has 0 aliphatic rings. The van der Waals surface area contributed by atoms with Gasteiger partial charge in [-0.25, -0.2) is 4.98 Å². The van der Waals surface area contributed by atoms with E-state index in [1.807, 2.05) is 42.5 Å². The Hall–Kier alpha value is -3.67. The van der Waals surface area contributed by atoms with E-state index in [0.717, 1.165) is 11.1 Å². The number of amides is 2. The molecule has 0 radical (unpaired) electrons. The molecule has 0 aliphatic heterocycles. The first-order valence-electron chi connectivity index (χ1n) is 8.40. The van der Waals surface area contributed by atoms with Gasteiger partial charge in [0.2, 0.25) is 5.91 Å². The van der Waals surface area contributed by atoms with Gasteiger partial charge in [-0.05, 0) is 35.9 Å². The number of hydrogen-bond acceptors (Lipinski definition) is 4. The Kier molecular flexibility index (Phi) is 5.47. The molecule has 3 aromatic rings. The monoisotopic (exact) mass is 361 g/mol. The standard InChI is InChI=1S/C21H19N3O3/c1-14(25)23-19(12-16-6-4-3-5-7-16)21(26)24-18-10-8-17(9-11-18)20-13-22-15(2)27-20/h3-13H,1-2H3,(H,23,25)(H,24,26)/b19-12+. The molecule has 0 atom stereocenters. The lowest BCUT2D eigenvalue weighted by Gasteiger charge is -2.10. The Labute approximate surface area is 156 Å². The van der Waals surface area contributed by atoms with Crippen LogP contribution in [-0.2, 0) is 9.59 Å². The number of oxazole rings is 1. The van der Waals surface area contributed by atoms with E-state index in [0.29, 0.717) is 17.3 Å². The molecule has 6 nitrogen and oxygen atoms in total. The molecular weight excluding hydrogens is 342 g/mol. The van der Waals surface area contributed by atoms with Gasteiger partial charge in [0, 0.05) is 25.1 Å². The van der Waals surface area contributed by atoms with E-state index in [2.05, 4.69) is 15.6 Å². The van der Waals surface area contributed by atoms with Crippen molar-refractivity contribution < 1.29 is 14.0 Å². The number of hydrogen-bond donors (Lipinski definition) is 2. The molecule has 0 saturated heterocycles. The smallest absolute Gasteiger partial charge is 0.272 e. The van der Waals surface area contributed by atoms with E-state index in [-0.39, 0.29) is 11.6 Å². The fraction of sp³-hybridized carbons (Fsp3) is 0.0952. The van der Waals surface area contributed by atoms with E-state index >= 15 is 0 Å². The maximum Gasteiger partial charge on any atom is 0.272 e. The fourth-order valence-corrected chi connectivity index (χ4v) is 2.48. The second-order valence-corrected chi connectivity index (χ2v) is 5.92. The van der Waals surface area contributed by atoms with Crippen LogP contribution < -0.4 is 10.6 Å². The number of carbonyl (C=O) groups is 2. The third-order valence-electron chi connectivity index (χ3n) is 3.71. The van der Waals surface area contributed by atoms with Crippen LogP contribution in [0.5, 0.6) is 0 Å². The van der Waals surface area contributed by atoms with E-state index in [4.69, 9.17) is 4.42 Å². The number of aromatic nitrogens is 1. The van der Waals surface area contributed by atoms with Crippen molar-refractivity contribution in [1.29, 1.82) is 0 Å². The van der Waals surface area contributed by atoms with E-state index < -0.39 is 5.91 Å². The first kappa shape index (κ1) is 18.1. The zero-order chi connectivity index (χ0) is 19.2. The highest BCUT2D eigenvalue weighted by Gasteiger charge is 2.12. The zero-order valence-corrected chi connectivity index (χ0v) is 15.0. The Morgan fingerprint density at radius 3 is 2.33 bits per heavy atom. The molecule has 0 aliphatic carbocycles. The number of rotatable bonds is 5. The Bertz CT molecular complexity index is 973. The molecule has 1 aromatic heterocycles. The van der Waals surface area contributed by atoms with Gasteiger partial charge >= 0.3 is 0 Å². The van der Waals surface area contributed by atoms with Crippen LogP contribution in [0.25, 0.3) is 17.4 Å². The maximum absolute atomic E-state index is 12.6. The molecule has 2 amide bonds. The quantitative estimate of drug-likeness (QED) is 0.678. The molecule has 2 aromatic carbocycles.